The maximum Gasteiger partial charge on any atom is 0.512 e. The average Bonchev–Trinajstić information content (AvgIpc) is 2.28. The molecule has 1 heterocycles. The fourth-order valence-electron chi connectivity index (χ4n) is 1.38. The molecule has 0 saturated carbocycles. The van der Waals surface area contributed by atoms with Gasteiger partial charge in [0.05, 0.1) is 10.0 Å². The number of aromatic hydroxyl groups is 1. The molecule has 0 amide bonds. The topological polar surface area (TPSA) is 79.7 Å². The number of carbonyl (C=O) groups is 1. The molecule has 18 heavy (non-hydrogen) atoms. The Kier molecular flexibility index (Phi) is 3.38. The molecule has 0 aliphatic heterocycles. The molecule has 2 aromatic rings. The largest absolute Gasteiger partial charge is 0.512 e. The molecule has 2 N–H and O–H groups in total. The average molecular weight is 309 g/mol. The van der Waals surface area contributed by atoms with Crippen molar-refractivity contribution in [2.24, 2.45) is 0 Å². The second kappa shape index (κ2) is 4.68. The predicted molar refractivity (Wildman–Crippen MR) is 67.1 cm³/mol. The van der Waals surface area contributed by atoms with Crippen molar-refractivity contribution in [3.8, 4) is 11.6 Å². The minimum atomic E-state index is -1.62. The number of nitrogens with zero attached hydrogens (tertiary/aromatic N) is 1. The fraction of sp³-hybridized carbons (Fsp3) is 0. The molecule has 0 radical (unpaired) electrons. The van der Waals surface area contributed by atoms with Crippen LogP contribution < -0.4 is 4.74 Å². The third-order valence-corrected chi connectivity index (χ3v) is 3.13. The summed E-state index contributed by atoms with van der Waals surface area (Å²) in [7, 11) is 0. The molecule has 0 bridgehead atoms. The second-order valence-corrected chi connectivity index (χ2v) is 4.41. The molecule has 94 valence electrons. The van der Waals surface area contributed by atoms with Crippen LogP contribution in [-0.2, 0) is 0 Å². The highest BCUT2D eigenvalue weighted by atomic mass is 35.5. The zero-order chi connectivity index (χ0) is 13.4. The highest BCUT2D eigenvalue weighted by Crippen LogP contribution is 2.40. The number of benzene rings is 1. The van der Waals surface area contributed by atoms with Gasteiger partial charge in [0.1, 0.15) is 5.15 Å². The monoisotopic (exact) mass is 307 g/mol. The van der Waals surface area contributed by atoms with E-state index in [0.717, 1.165) is 0 Å². The molecule has 0 aliphatic rings. The summed E-state index contributed by atoms with van der Waals surface area (Å²) >= 11 is 17.5. The Morgan fingerprint density at radius 2 is 1.72 bits per heavy atom. The molecule has 1 aromatic heterocycles. The fourth-order valence-corrected chi connectivity index (χ4v) is 1.95. The lowest BCUT2D eigenvalue weighted by atomic mass is 10.1. The Balaban J connectivity index is 2.77. The van der Waals surface area contributed by atoms with Crippen LogP contribution in [-0.4, -0.2) is 21.4 Å². The summed E-state index contributed by atoms with van der Waals surface area (Å²) in [6.07, 6.45) is -1.62. The van der Waals surface area contributed by atoms with Gasteiger partial charge in [-0.2, -0.15) is 4.98 Å². The summed E-state index contributed by atoms with van der Waals surface area (Å²) in [6, 6.07) is 2.76. The first kappa shape index (κ1) is 13.0. The van der Waals surface area contributed by atoms with Crippen LogP contribution in [0.1, 0.15) is 0 Å². The minimum absolute atomic E-state index is 0.0578. The number of hydrogen-bond acceptors (Lipinski definition) is 4. The molecule has 0 unspecified atom stereocenters. The summed E-state index contributed by atoms with van der Waals surface area (Å²) in [4.78, 5) is 14.0. The highest BCUT2D eigenvalue weighted by molar-refractivity contribution is 6.43. The van der Waals surface area contributed by atoms with Gasteiger partial charge in [0.2, 0.25) is 0 Å². The van der Waals surface area contributed by atoms with E-state index in [9.17, 15) is 9.90 Å². The van der Waals surface area contributed by atoms with E-state index in [4.69, 9.17) is 39.9 Å². The number of hydrogen-bond donors (Lipinski definition) is 2. The van der Waals surface area contributed by atoms with E-state index >= 15 is 0 Å². The van der Waals surface area contributed by atoms with Crippen LogP contribution in [0.4, 0.5) is 4.79 Å². The molecular weight excluding hydrogens is 304 g/mol. The number of halogens is 3. The lowest BCUT2D eigenvalue weighted by Gasteiger charge is -2.08. The summed E-state index contributed by atoms with van der Waals surface area (Å²) in [6.45, 7) is 0. The SMILES string of the molecule is O=C(O)Oc1nc(Cl)c2cc(Cl)c(Cl)cc2c1O. The van der Waals surface area contributed by atoms with Gasteiger partial charge < -0.3 is 14.9 Å². The number of carboxylic acid groups (broad SMARTS) is 1. The van der Waals surface area contributed by atoms with Crippen LogP contribution in [0, 0.1) is 0 Å². The predicted octanol–water partition coefficient (Wildman–Crippen LogP) is 3.96. The normalized spacial score (nSPS) is 10.6. The van der Waals surface area contributed by atoms with Crippen LogP contribution in [0.25, 0.3) is 10.8 Å². The van der Waals surface area contributed by atoms with Gasteiger partial charge in [-0.05, 0) is 12.1 Å². The maximum atomic E-state index is 10.4. The maximum absolute atomic E-state index is 10.4. The number of aromatic nitrogens is 1. The van der Waals surface area contributed by atoms with Crippen molar-refractivity contribution >= 4 is 51.7 Å². The van der Waals surface area contributed by atoms with Crippen molar-refractivity contribution in [1.82, 2.24) is 4.98 Å². The summed E-state index contributed by atoms with van der Waals surface area (Å²) in [5.74, 6) is -0.992. The smallest absolute Gasteiger partial charge is 0.503 e. The number of fused-ring (bicyclic) bond motifs is 1. The van der Waals surface area contributed by atoms with Gasteiger partial charge in [0.15, 0.2) is 5.75 Å². The third kappa shape index (κ3) is 2.25. The van der Waals surface area contributed by atoms with E-state index in [2.05, 4.69) is 9.72 Å². The first-order valence-corrected chi connectivity index (χ1v) is 5.61. The van der Waals surface area contributed by atoms with Gasteiger partial charge >= 0.3 is 6.16 Å². The van der Waals surface area contributed by atoms with E-state index < -0.39 is 17.8 Å². The van der Waals surface area contributed by atoms with Crippen molar-refractivity contribution in [3.05, 3.63) is 27.3 Å². The Morgan fingerprint density at radius 1 is 1.17 bits per heavy atom. The van der Waals surface area contributed by atoms with Gasteiger partial charge in [0.25, 0.3) is 5.88 Å². The van der Waals surface area contributed by atoms with Gasteiger partial charge in [-0.15, -0.1) is 0 Å². The van der Waals surface area contributed by atoms with E-state index in [-0.39, 0.29) is 20.6 Å². The van der Waals surface area contributed by atoms with E-state index in [0.29, 0.717) is 5.39 Å². The molecule has 5 nitrogen and oxygen atoms in total. The molecule has 8 heteroatoms. The van der Waals surface area contributed by atoms with E-state index in [1.54, 1.807) is 0 Å². The van der Waals surface area contributed by atoms with Crippen LogP contribution in [0.2, 0.25) is 15.2 Å². The van der Waals surface area contributed by atoms with E-state index in [1.165, 1.54) is 12.1 Å². The first-order chi connectivity index (χ1) is 8.40. The van der Waals surface area contributed by atoms with Crippen molar-refractivity contribution in [3.63, 3.8) is 0 Å². The number of ether oxygens (including phenoxy) is 1. The molecule has 0 saturated heterocycles. The Morgan fingerprint density at radius 3 is 2.28 bits per heavy atom. The summed E-state index contributed by atoms with van der Waals surface area (Å²) in [5, 5.41) is 19.2. The van der Waals surface area contributed by atoms with Gasteiger partial charge in [-0.25, -0.2) is 4.79 Å². The third-order valence-electron chi connectivity index (χ3n) is 2.12. The first-order valence-electron chi connectivity index (χ1n) is 4.48. The highest BCUT2D eigenvalue weighted by Gasteiger charge is 2.17. The van der Waals surface area contributed by atoms with Crippen molar-refractivity contribution in [1.29, 1.82) is 0 Å². The summed E-state index contributed by atoms with van der Waals surface area (Å²) in [5.41, 5.74) is 0. The molecule has 2 rings (SSSR count). The quantitative estimate of drug-likeness (QED) is 0.616. The van der Waals surface area contributed by atoms with Gasteiger partial charge in [0, 0.05) is 10.8 Å². The number of rotatable bonds is 1. The second-order valence-electron chi connectivity index (χ2n) is 3.24. The minimum Gasteiger partial charge on any atom is -0.503 e. The molecule has 0 fully saturated rings. The lowest BCUT2D eigenvalue weighted by Crippen LogP contribution is -2.05. The summed E-state index contributed by atoms with van der Waals surface area (Å²) < 4.78 is 4.30. The van der Waals surface area contributed by atoms with Crippen LogP contribution >= 0.6 is 34.8 Å². The standard InChI is InChI=1S/C10H4Cl3NO4/c11-5-1-3-4(2-6(5)12)8(13)14-9(7(3)15)18-10(16)17/h1-2,15H,(H,16,17). The number of pyridine rings is 1. The molecule has 0 spiro atoms. The molecule has 0 atom stereocenters. The van der Waals surface area contributed by atoms with Crippen LogP contribution in [0.3, 0.4) is 0 Å². The van der Waals surface area contributed by atoms with Crippen molar-refractivity contribution < 1.29 is 19.7 Å². The van der Waals surface area contributed by atoms with Gasteiger partial charge in [-0.3, -0.25) is 0 Å². The molecular formula is C10H4Cl3NO4. The molecule has 1 aromatic carbocycles. The molecule has 0 aliphatic carbocycles. The lowest BCUT2D eigenvalue weighted by molar-refractivity contribution is 0.141. The van der Waals surface area contributed by atoms with Crippen molar-refractivity contribution in [2.45, 2.75) is 0 Å². The van der Waals surface area contributed by atoms with Gasteiger partial charge in [-0.1, -0.05) is 34.8 Å². The van der Waals surface area contributed by atoms with Crippen molar-refractivity contribution in [2.75, 3.05) is 0 Å². The Hall–Kier alpha value is -1.43. The van der Waals surface area contributed by atoms with Crippen LogP contribution in [0.5, 0.6) is 11.6 Å². The van der Waals surface area contributed by atoms with Crippen LogP contribution in [0.15, 0.2) is 12.1 Å². The Bertz CT molecular complexity index is 659. The zero-order valence-electron chi connectivity index (χ0n) is 8.45. The Labute approximate surface area is 115 Å². The van der Waals surface area contributed by atoms with E-state index in [1.807, 2.05) is 0 Å². The zero-order valence-corrected chi connectivity index (χ0v) is 10.7.